The summed E-state index contributed by atoms with van der Waals surface area (Å²) < 4.78 is 44.1. The van der Waals surface area contributed by atoms with E-state index in [9.17, 15) is 43.5 Å². The molecule has 9 N–H and O–H groups in total. The minimum Gasteiger partial charge on any atom is -0.507 e. The molecule has 0 unspecified atom stereocenters. The number of carbonyl (C=O) groups excluding carboxylic acids is 8. The number of fused-ring (bicyclic) bond motifs is 6. The smallest absolute Gasteiger partial charge is 0.415 e. The van der Waals surface area contributed by atoms with Crippen molar-refractivity contribution in [2.75, 3.05) is 160 Å². The summed E-state index contributed by atoms with van der Waals surface area (Å²) in [6.07, 6.45) is 0.772. The zero-order valence-corrected chi connectivity index (χ0v) is 57.1. The number of carbonyl (C=O) groups is 8. The number of nitrogens with one attached hydrogen (secondary N) is 4. The number of alkyl halides is 1. The zero-order valence-electron chi connectivity index (χ0n) is 56.3. The number of benzene rings is 5. The van der Waals surface area contributed by atoms with E-state index in [0.717, 1.165) is 21.9 Å². The predicted octanol–water partition coefficient (Wildman–Crippen LogP) is 6.29. The number of halogens is 1. The number of hydrogen-bond donors (Lipinski definition) is 7. The normalized spacial score (nSPS) is 17.1. The molecule has 0 radical (unpaired) electrons. The molecule has 3 aliphatic rings. The van der Waals surface area contributed by atoms with E-state index in [0.29, 0.717) is 151 Å². The van der Waals surface area contributed by atoms with Crippen LogP contribution in [-0.2, 0) is 70.2 Å². The van der Waals surface area contributed by atoms with Gasteiger partial charge in [-0.2, -0.15) is 0 Å². The molecule has 2 aliphatic heterocycles. The van der Waals surface area contributed by atoms with Gasteiger partial charge in [0.15, 0.2) is 0 Å². The highest BCUT2D eigenvalue weighted by Crippen LogP contribution is 2.60. The summed E-state index contributed by atoms with van der Waals surface area (Å²) in [6.45, 7) is 9.48. The molecule has 5 aromatic carbocycles. The maximum atomic E-state index is 15.0. The highest BCUT2D eigenvalue weighted by atomic mass is 35.5. The Morgan fingerprint density at radius 2 is 1.28 bits per heavy atom. The molecule has 0 bridgehead atoms. The standard InChI is InChI=1S/C70H93ClN10O17/c1-5-70(45-69(2,46-70)64(86)81-43-48(41-71)62-54-14-9-7-12-52(54)58(82)39-57(62)81)65(87)80-24-20-51-50-11-6-8-13-53(50)59(40-56(51)80)98-68(90)79(4)26-25-78(3)67(89)97-44-47-16-18-49(19-17-47)76-63(85)55(15-10-23-74-66(73)88)77-61(84)42-75-60(83)21-27-91-29-31-93-33-35-95-37-38-96-36-34-94-32-30-92-28-22-72/h6-9,11-14,16-19,39-40,48,55,82H,5,10,15,20-38,41-46,72H2,1-4H3,(H,75,83)(H,76,85)(H,77,84)(H3,73,74,88)/t48-,55+,69?,70?/m1/s1. The van der Waals surface area contributed by atoms with E-state index in [1.165, 1.54) is 16.8 Å². The molecule has 532 valence electrons. The number of amides is 9. The molecule has 27 nitrogen and oxygen atoms in total. The lowest BCUT2D eigenvalue weighted by Gasteiger charge is -2.54. The molecule has 9 amide bonds. The molecular weight excluding hydrogens is 1290 g/mol. The lowest BCUT2D eigenvalue weighted by molar-refractivity contribution is -0.153. The van der Waals surface area contributed by atoms with Crippen LogP contribution >= 0.6 is 11.6 Å². The summed E-state index contributed by atoms with van der Waals surface area (Å²) in [5.41, 5.74) is 13.0. The minimum absolute atomic E-state index is 0.0200. The summed E-state index contributed by atoms with van der Waals surface area (Å²) >= 11 is 6.53. The van der Waals surface area contributed by atoms with E-state index in [4.69, 9.17) is 61.0 Å². The third-order valence-corrected chi connectivity index (χ3v) is 18.1. The van der Waals surface area contributed by atoms with Gasteiger partial charge in [-0.25, -0.2) is 14.4 Å². The van der Waals surface area contributed by atoms with Crippen LogP contribution in [0.2, 0.25) is 0 Å². The molecule has 0 spiro atoms. The second kappa shape index (κ2) is 37.0. The van der Waals surface area contributed by atoms with E-state index in [2.05, 4.69) is 21.3 Å². The Hall–Kier alpha value is -8.41. The summed E-state index contributed by atoms with van der Waals surface area (Å²) in [6, 6.07) is 23.2. The fraction of sp³-hybridized carbons (Fsp3) is 0.514. The van der Waals surface area contributed by atoms with Gasteiger partial charge in [0.1, 0.15) is 24.1 Å². The van der Waals surface area contributed by atoms with E-state index in [-0.39, 0.29) is 87.9 Å². The van der Waals surface area contributed by atoms with Gasteiger partial charge in [-0.05, 0) is 78.1 Å². The highest BCUT2D eigenvalue weighted by Gasteiger charge is 2.61. The molecular formula is C70H93ClN10O17. The molecule has 5 aromatic rings. The lowest BCUT2D eigenvalue weighted by Crippen LogP contribution is -2.60. The largest absolute Gasteiger partial charge is 0.507 e. The molecule has 0 aromatic heterocycles. The van der Waals surface area contributed by atoms with Gasteiger partial charge in [0, 0.05) is 106 Å². The van der Waals surface area contributed by atoms with Crippen molar-refractivity contribution in [2.45, 2.75) is 77.4 Å². The number of ether oxygens (including phenoxy) is 8. The first-order chi connectivity index (χ1) is 47.3. The Balaban J connectivity index is 0.742. The van der Waals surface area contributed by atoms with Gasteiger partial charge >= 0.3 is 18.2 Å². The number of nitrogens with zero attached hydrogens (tertiary/aromatic N) is 4. The van der Waals surface area contributed by atoms with Crippen molar-refractivity contribution in [2.24, 2.45) is 22.3 Å². The number of primary amides is 1. The van der Waals surface area contributed by atoms with E-state index < -0.39 is 59.4 Å². The van der Waals surface area contributed by atoms with Crippen LogP contribution in [0.1, 0.15) is 75.0 Å². The molecule has 0 saturated heterocycles. The third-order valence-electron chi connectivity index (χ3n) is 17.7. The van der Waals surface area contributed by atoms with Crippen LogP contribution < -0.4 is 47.3 Å². The van der Waals surface area contributed by atoms with E-state index in [1.54, 1.807) is 53.2 Å². The van der Waals surface area contributed by atoms with Crippen molar-refractivity contribution in [1.82, 2.24) is 25.8 Å². The van der Waals surface area contributed by atoms with Crippen LogP contribution in [0.5, 0.6) is 11.5 Å². The monoisotopic (exact) mass is 1380 g/mol. The molecule has 1 fully saturated rings. The number of rotatable bonds is 39. The Morgan fingerprint density at radius 1 is 0.694 bits per heavy atom. The zero-order chi connectivity index (χ0) is 70.2. The number of hydrogen-bond acceptors (Lipinski definition) is 18. The lowest BCUT2D eigenvalue weighted by atomic mass is 9.51. The fourth-order valence-electron chi connectivity index (χ4n) is 12.6. The van der Waals surface area contributed by atoms with Crippen LogP contribution in [-0.4, -0.2) is 214 Å². The number of nitrogens with two attached hydrogens (primary N) is 2. The number of likely N-dealkylation sites (N-methyl/N-ethyl adjacent to an activating group) is 2. The minimum atomic E-state index is -1.06. The molecule has 8 rings (SSSR count). The van der Waals surface area contributed by atoms with Gasteiger partial charge in [0.2, 0.25) is 29.5 Å². The summed E-state index contributed by atoms with van der Waals surface area (Å²) in [4.78, 5) is 113. The molecule has 1 saturated carbocycles. The van der Waals surface area contributed by atoms with E-state index in [1.807, 2.05) is 62.4 Å². The van der Waals surface area contributed by atoms with Gasteiger partial charge < -0.3 is 95.3 Å². The van der Waals surface area contributed by atoms with Crippen molar-refractivity contribution >= 4 is 98.0 Å². The second-order valence-corrected chi connectivity index (χ2v) is 25.1. The van der Waals surface area contributed by atoms with Gasteiger partial charge in [-0.15, -0.1) is 11.6 Å². The van der Waals surface area contributed by atoms with Gasteiger partial charge in [-0.1, -0.05) is 74.5 Å². The SMILES string of the molecule is CCC1(C(=O)N2CCc3c2cc(OC(=O)N(C)CCN(C)C(=O)OCc2ccc(NC(=O)[C@H](CCCNC(N)=O)NC(=O)CNC(=O)CCOCCOCCOCCOCCOCCOCCN)cc2)c2ccccc32)CC(C)(C(=O)N2C[C@@H](CCl)c3c2cc(O)c2ccccc32)C1. The van der Waals surface area contributed by atoms with Crippen LogP contribution in [0, 0.1) is 10.8 Å². The van der Waals surface area contributed by atoms with Gasteiger partial charge in [0.05, 0.1) is 103 Å². The first-order valence-corrected chi connectivity index (χ1v) is 33.8. The molecule has 98 heavy (non-hydrogen) atoms. The number of anilines is 3. The van der Waals surface area contributed by atoms with Gasteiger partial charge in [-0.3, -0.25) is 24.0 Å². The Morgan fingerprint density at radius 3 is 1.88 bits per heavy atom. The topological polar surface area (TPSA) is 344 Å². The summed E-state index contributed by atoms with van der Waals surface area (Å²) in [5.74, 6) is -1.31. The number of urea groups is 1. The van der Waals surface area contributed by atoms with Crippen LogP contribution in [0.15, 0.2) is 84.9 Å². The van der Waals surface area contributed by atoms with E-state index >= 15 is 0 Å². The maximum Gasteiger partial charge on any atom is 0.415 e. The fourth-order valence-corrected chi connectivity index (χ4v) is 12.9. The average molecular weight is 1380 g/mol. The average Bonchev–Trinajstić information content (AvgIpc) is 1.42. The van der Waals surface area contributed by atoms with Crippen molar-refractivity contribution in [3.63, 3.8) is 0 Å². The van der Waals surface area contributed by atoms with Crippen molar-refractivity contribution < 1.29 is 81.4 Å². The summed E-state index contributed by atoms with van der Waals surface area (Å²) in [7, 11) is 3.08. The maximum absolute atomic E-state index is 15.0. The Kier molecular flexibility index (Phi) is 28.4. The summed E-state index contributed by atoms with van der Waals surface area (Å²) in [5, 5.41) is 24.5. The Labute approximate surface area is 575 Å². The highest BCUT2D eigenvalue weighted by molar-refractivity contribution is 6.19. The van der Waals surface area contributed by atoms with Crippen molar-refractivity contribution in [3.05, 3.63) is 102 Å². The molecule has 1 aliphatic carbocycles. The van der Waals surface area contributed by atoms with Crippen molar-refractivity contribution in [1.29, 1.82) is 0 Å². The number of aromatic hydroxyl groups is 1. The van der Waals surface area contributed by atoms with Gasteiger partial charge in [0.25, 0.3) is 0 Å². The third kappa shape index (κ3) is 20.1. The van der Waals surface area contributed by atoms with Crippen molar-refractivity contribution in [3.8, 4) is 11.5 Å². The first-order valence-electron chi connectivity index (χ1n) is 33.3. The Bertz CT molecular complexity index is 3560. The quantitative estimate of drug-likeness (QED) is 0.0168. The van der Waals surface area contributed by atoms with Crippen LogP contribution in [0.3, 0.4) is 0 Å². The van der Waals surface area contributed by atoms with Crippen LogP contribution in [0.4, 0.5) is 31.4 Å². The molecule has 28 heteroatoms. The van der Waals surface area contributed by atoms with Crippen LogP contribution in [0.25, 0.3) is 21.5 Å². The molecule has 2 heterocycles. The predicted molar refractivity (Wildman–Crippen MR) is 368 cm³/mol. The first kappa shape index (κ1) is 75.4. The second-order valence-electron chi connectivity index (χ2n) is 24.8. The number of phenols is 1. The molecule has 2 atom stereocenters. The number of phenolic OH excluding ortho intramolecular Hbond substituents is 1.